The number of aromatic amines is 1. The second-order valence-corrected chi connectivity index (χ2v) is 6.26. The van der Waals surface area contributed by atoms with E-state index in [1.807, 2.05) is 0 Å². The number of halogens is 1. The van der Waals surface area contributed by atoms with Crippen LogP contribution in [0.1, 0.15) is 5.69 Å². The number of aromatic nitrogens is 3. The zero-order chi connectivity index (χ0) is 12.3. The van der Waals surface area contributed by atoms with Crippen molar-refractivity contribution in [2.45, 2.75) is 11.4 Å². The van der Waals surface area contributed by atoms with Gasteiger partial charge in [0.1, 0.15) is 0 Å². The molecule has 0 aliphatic rings. The summed E-state index contributed by atoms with van der Waals surface area (Å²) in [6, 6.07) is 6.61. The van der Waals surface area contributed by atoms with Crippen LogP contribution >= 0.6 is 22.6 Å². The lowest BCUT2D eigenvalue weighted by Crippen LogP contribution is -2.23. The summed E-state index contributed by atoms with van der Waals surface area (Å²) >= 11 is 2.12. The first-order chi connectivity index (χ1) is 8.08. The molecule has 0 bridgehead atoms. The maximum atomic E-state index is 11.9. The summed E-state index contributed by atoms with van der Waals surface area (Å²) in [7, 11) is -3.49. The quantitative estimate of drug-likeness (QED) is 0.789. The summed E-state index contributed by atoms with van der Waals surface area (Å²) in [4.78, 5) is 0.237. The third-order valence-electron chi connectivity index (χ3n) is 2.03. The fraction of sp³-hybridized carbons (Fsp3) is 0.111. The standard InChI is InChI=1S/C9H9IN4O2S/c10-7-1-3-9(4-2-7)17(15,16)12-6-8-5-11-14-13-8/h1-5,12H,6H2,(H,11,13,14). The predicted molar refractivity (Wildman–Crippen MR) is 69.6 cm³/mol. The van der Waals surface area contributed by atoms with E-state index < -0.39 is 10.0 Å². The van der Waals surface area contributed by atoms with Crippen molar-refractivity contribution >= 4 is 32.6 Å². The van der Waals surface area contributed by atoms with Gasteiger partial charge in [-0.05, 0) is 46.9 Å². The topological polar surface area (TPSA) is 87.7 Å². The minimum absolute atomic E-state index is 0.116. The Morgan fingerprint density at radius 1 is 1.29 bits per heavy atom. The van der Waals surface area contributed by atoms with Crippen molar-refractivity contribution in [1.82, 2.24) is 20.1 Å². The Bertz CT molecular complexity index is 580. The number of H-pyrrole nitrogens is 1. The van der Waals surface area contributed by atoms with Crippen LogP contribution in [0.2, 0.25) is 0 Å². The molecule has 0 fully saturated rings. The number of nitrogens with one attached hydrogen (secondary N) is 2. The van der Waals surface area contributed by atoms with Crippen LogP contribution in [0, 0.1) is 3.57 Å². The second-order valence-electron chi connectivity index (χ2n) is 3.24. The van der Waals surface area contributed by atoms with Crippen molar-refractivity contribution in [2.75, 3.05) is 0 Å². The van der Waals surface area contributed by atoms with Gasteiger partial charge in [-0.25, -0.2) is 13.1 Å². The molecule has 90 valence electrons. The van der Waals surface area contributed by atoms with Crippen molar-refractivity contribution in [3.63, 3.8) is 0 Å². The van der Waals surface area contributed by atoms with Gasteiger partial charge in [0.15, 0.2) is 0 Å². The van der Waals surface area contributed by atoms with Gasteiger partial charge in [0.2, 0.25) is 10.0 Å². The lowest BCUT2D eigenvalue weighted by Gasteiger charge is -2.04. The number of hydrogen-bond acceptors (Lipinski definition) is 4. The third kappa shape index (κ3) is 3.23. The molecule has 0 saturated carbocycles. The Hall–Kier alpha value is -1.000. The fourth-order valence-corrected chi connectivity index (χ4v) is 2.54. The van der Waals surface area contributed by atoms with Crippen LogP contribution < -0.4 is 4.72 Å². The number of sulfonamides is 1. The molecule has 0 radical (unpaired) electrons. The van der Waals surface area contributed by atoms with Crippen LogP contribution in [0.4, 0.5) is 0 Å². The van der Waals surface area contributed by atoms with E-state index in [1.165, 1.54) is 6.20 Å². The van der Waals surface area contributed by atoms with E-state index in [0.29, 0.717) is 5.69 Å². The zero-order valence-electron chi connectivity index (χ0n) is 8.59. The van der Waals surface area contributed by atoms with Gasteiger partial charge in [-0.3, -0.25) is 5.10 Å². The first kappa shape index (κ1) is 12.5. The molecular weight excluding hydrogens is 355 g/mol. The zero-order valence-corrected chi connectivity index (χ0v) is 11.6. The Morgan fingerprint density at radius 3 is 2.59 bits per heavy atom. The summed E-state index contributed by atoms with van der Waals surface area (Å²) in [5.74, 6) is 0. The summed E-state index contributed by atoms with van der Waals surface area (Å²) in [6.45, 7) is 0.116. The van der Waals surface area contributed by atoms with Gasteiger partial charge in [-0.15, -0.1) is 5.10 Å². The van der Waals surface area contributed by atoms with E-state index in [4.69, 9.17) is 0 Å². The summed E-state index contributed by atoms with van der Waals surface area (Å²) in [5, 5.41) is 9.71. The highest BCUT2D eigenvalue weighted by molar-refractivity contribution is 14.1. The molecule has 0 amide bonds. The number of hydrogen-bond donors (Lipinski definition) is 2. The van der Waals surface area contributed by atoms with Crippen LogP contribution in [-0.4, -0.2) is 23.8 Å². The predicted octanol–water partition coefficient (Wildman–Crippen LogP) is 0.888. The molecule has 1 aromatic heterocycles. The number of benzene rings is 1. The molecule has 0 aliphatic heterocycles. The molecule has 0 atom stereocenters. The summed E-state index contributed by atoms with van der Waals surface area (Å²) in [5.41, 5.74) is 0.541. The van der Waals surface area contributed by atoms with Gasteiger partial charge in [-0.1, -0.05) is 5.21 Å². The van der Waals surface area contributed by atoms with Crippen LogP contribution in [0.5, 0.6) is 0 Å². The van der Waals surface area contributed by atoms with E-state index in [-0.39, 0.29) is 11.4 Å². The molecule has 0 aliphatic carbocycles. The van der Waals surface area contributed by atoms with E-state index in [0.717, 1.165) is 3.57 Å². The van der Waals surface area contributed by atoms with Crippen LogP contribution in [-0.2, 0) is 16.6 Å². The highest BCUT2D eigenvalue weighted by Crippen LogP contribution is 2.12. The molecule has 1 heterocycles. The first-order valence-electron chi connectivity index (χ1n) is 4.68. The molecule has 17 heavy (non-hydrogen) atoms. The maximum absolute atomic E-state index is 11.9. The molecule has 0 unspecified atom stereocenters. The molecule has 2 N–H and O–H groups in total. The summed E-state index contributed by atoms with van der Waals surface area (Å²) in [6.07, 6.45) is 1.54. The largest absolute Gasteiger partial charge is 0.265 e. The third-order valence-corrected chi connectivity index (χ3v) is 4.17. The van der Waals surface area contributed by atoms with Gasteiger partial charge >= 0.3 is 0 Å². The van der Waals surface area contributed by atoms with Gasteiger partial charge in [0.25, 0.3) is 0 Å². The molecule has 1 aromatic carbocycles. The first-order valence-corrected chi connectivity index (χ1v) is 7.25. The normalized spacial score (nSPS) is 11.6. The molecule has 2 rings (SSSR count). The summed E-state index contributed by atoms with van der Waals surface area (Å²) < 4.78 is 27.2. The van der Waals surface area contributed by atoms with Crippen molar-refractivity contribution in [3.8, 4) is 0 Å². The smallest absolute Gasteiger partial charge is 0.240 e. The van der Waals surface area contributed by atoms with E-state index >= 15 is 0 Å². The van der Waals surface area contributed by atoms with E-state index in [9.17, 15) is 8.42 Å². The Balaban J connectivity index is 2.11. The average Bonchev–Trinajstić information content (AvgIpc) is 2.80. The number of nitrogens with zero attached hydrogens (tertiary/aromatic N) is 2. The molecule has 2 aromatic rings. The van der Waals surface area contributed by atoms with E-state index in [2.05, 4.69) is 42.7 Å². The highest BCUT2D eigenvalue weighted by Gasteiger charge is 2.13. The molecule has 0 saturated heterocycles. The Morgan fingerprint density at radius 2 is 2.00 bits per heavy atom. The highest BCUT2D eigenvalue weighted by atomic mass is 127. The molecule has 8 heteroatoms. The lowest BCUT2D eigenvalue weighted by atomic mass is 10.4. The molecule has 6 nitrogen and oxygen atoms in total. The van der Waals surface area contributed by atoms with Gasteiger partial charge in [0.05, 0.1) is 17.1 Å². The maximum Gasteiger partial charge on any atom is 0.240 e. The number of rotatable bonds is 4. The van der Waals surface area contributed by atoms with Crippen molar-refractivity contribution in [1.29, 1.82) is 0 Å². The van der Waals surface area contributed by atoms with Crippen molar-refractivity contribution in [3.05, 3.63) is 39.7 Å². The second kappa shape index (κ2) is 5.10. The molecular formula is C9H9IN4O2S. The SMILES string of the molecule is O=S(=O)(NCc1c[nH]nn1)c1ccc(I)cc1. The lowest BCUT2D eigenvalue weighted by molar-refractivity contribution is 0.580. The monoisotopic (exact) mass is 364 g/mol. The molecule has 0 spiro atoms. The van der Waals surface area contributed by atoms with Gasteiger partial charge < -0.3 is 0 Å². The van der Waals surface area contributed by atoms with Crippen LogP contribution in [0.15, 0.2) is 35.4 Å². The minimum Gasteiger partial charge on any atom is -0.265 e. The minimum atomic E-state index is -3.49. The fourth-order valence-electron chi connectivity index (χ4n) is 1.18. The average molecular weight is 364 g/mol. The van der Waals surface area contributed by atoms with Crippen LogP contribution in [0.3, 0.4) is 0 Å². The van der Waals surface area contributed by atoms with Crippen molar-refractivity contribution < 1.29 is 8.42 Å². The Labute approximate surface area is 112 Å². The van der Waals surface area contributed by atoms with Crippen molar-refractivity contribution in [2.24, 2.45) is 0 Å². The van der Waals surface area contributed by atoms with E-state index in [1.54, 1.807) is 24.3 Å². The van der Waals surface area contributed by atoms with Gasteiger partial charge in [0, 0.05) is 9.77 Å². The Kier molecular flexibility index (Phi) is 3.74. The van der Waals surface area contributed by atoms with Crippen LogP contribution in [0.25, 0.3) is 0 Å². The van der Waals surface area contributed by atoms with Gasteiger partial charge in [-0.2, -0.15) is 0 Å².